The Labute approximate surface area is 134 Å². The lowest BCUT2D eigenvalue weighted by Crippen LogP contribution is -1.99. The Kier molecular flexibility index (Phi) is 3.51. The number of anilines is 3. The Morgan fingerprint density at radius 2 is 1.95 bits per heavy atom. The van der Waals surface area contributed by atoms with Crippen LogP contribution in [-0.2, 0) is 0 Å². The highest BCUT2D eigenvalue weighted by molar-refractivity contribution is 6.39. The van der Waals surface area contributed by atoms with E-state index in [1.54, 1.807) is 24.4 Å². The zero-order chi connectivity index (χ0) is 15.9. The summed E-state index contributed by atoms with van der Waals surface area (Å²) >= 11 is 11.9. The van der Waals surface area contributed by atoms with E-state index in [0.717, 1.165) is 0 Å². The molecular weight excluding hydrogens is 329 g/mol. The first kappa shape index (κ1) is 14.4. The molecule has 3 N–H and O–H groups in total. The molecule has 0 unspecified atom stereocenters. The van der Waals surface area contributed by atoms with Crippen LogP contribution in [0.2, 0.25) is 10.0 Å². The molecule has 0 fully saturated rings. The maximum atomic E-state index is 11.3. The summed E-state index contributed by atoms with van der Waals surface area (Å²) in [7, 11) is 0. The number of hydrogen-bond acceptors (Lipinski definition) is 5. The van der Waals surface area contributed by atoms with Crippen LogP contribution in [0.5, 0.6) is 0 Å². The van der Waals surface area contributed by atoms with Crippen LogP contribution in [0.4, 0.5) is 23.0 Å². The molecule has 0 saturated heterocycles. The van der Waals surface area contributed by atoms with Gasteiger partial charge in [-0.3, -0.25) is 0 Å². The number of aromatic nitrogens is 2. The van der Waals surface area contributed by atoms with E-state index in [9.17, 15) is 10.1 Å². The number of pyridine rings is 1. The van der Waals surface area contributed by atoms with Gasteiger partial charge in [0, 0.05) is 11.8 Å². The van der Waals surface area contributed by atoms with Gasteiger partial charge in [-0.05, 0) is 23.1 Å². The van der Waals surface area contributed by atoms with Gasteiger partial charge >= 0.3 is 5.82 Å². The Morgan fingerprint density at radius 1 is 1.27 bits per heavy atom. The summed E-state index contributed by atoms with van der Waals surface area (Å²) in [6.45, 7) is 0. The minimum Gasteiger partial charge on any atom is -0.396 e. The molecular formula is C13H9Cl2N5O2. The lowest BCUT2D eigenvalue weighted by molar-refractivity contribution is -0.389. The monoisotopic (exact) mass is 337 g/mol. The number of nitrogens with zero attached hydrogens (tertiary/aromatic N) is 3. The largest absolute Gasteiger partial charge is 0.396 e. The molecule has 22 heavy (non-hydrogen) atoms. The number of imidazole rings is 1. The first-order valence-corrected chi connectivity index (χ1v) is 6.86. The number of fused-ring (bicyclic) bond motifs is 1. The van der Waals surface area contributed by atoms with Crippen LogP contribution in [0.1, 0.15) is 0 Å². The Hall–Kier alpha value is -2.51. The van der Waals surface area contributed by atoms with Gasteiger partial charge in [0.1, 0.15) is 0 Å². The first-order chi connectivity index (χ1) is 10.5. The van der Waals surface area contributed by atoms with Gasteiger partial charge in [0.15, 0.2) is 0 Å². The molecule has 0 bridgehead atoms. The fourth-order valence-electron chi connectivity index (χ4n) is 2.03. The van der Waals surface area contributed by atoms with E-state index in [-0.39, 0.29) is 27.4 Å². The smallest absolute Gasteiger partial charge is 0.372 e. The van der Waals surface area contributed by atoms with Crippen molar-refractivity contribution < 1.29 is 4.92 Å². The molecule has 7 nitrogen and oxygen atoms in total. The Bertz CT molecular complexity index is 870. The van der Waals surface area contributed by atoms with Gasteiger partial charge in [-0.15, -0.1) is 0 Å². The Balaban J connectivity index is 2.11. The van der Waals surface area contributed by atoms with Gasteiger partial charge < -0.3 is 21.2 Å². The number of rotatable bonds is 3. The molecule has 112 valence electrons. The van der Waals surface area contributed by atoms with Gasteiger partial charge in [0.25, 0.3) is 0 Å². The molecule has 0 aliphatic heterocycles. The summed E-state index contributed by atoms with van der Waals surface area (Å²) in [4.78, 5) is 15.0. The van der Waals surface area contributed by atoms with E-state index < -0.39 is 4.92 Å². The zero-order valence-corrected chi connectivity index (χ0v) is 12.5. The van der Waals surface area contributed by atoms with Crippen molar-refractivity contribution in [2.45, 2.75) is 0 Å². The normalized spacial score (nSPS) is 10.8. The molecule has 0 spiro atoms. The number of nitrogens with two attached hydrogens (primary N) is 1. The third-order valence-electron chi connectivity index (χ3n) is 3.02. The number of nitrogen functional groups attached to an aromatic ring is 1. The van der Waals surface area contributed by atoms with Gasteiger partial charge in [-0.2, -0.15) is 9.38 Å². The molecule has 0 saturated carbocycles. The van der Waals surface area contributed by atoms with Crippen molar-refractivity contribution in [2.75, 3.05) is 11.1 Å². The summed E-state index contributed by atoms with van der Waals surface area (Å²) in [5.41, 5.74) is 6.82. The van der Waals surface area contributed by atoms with E-state index >= 15 is 0 Å². The van der Waals surface area contributed by atoms with Crippen LogP contribution < -0.4 is 11.1 Å². The predicted molar refractivity (Wildman–Crippen MR) is 86.0 cm³/mol. The van der Waals surface area contributed by atoms with Gasteiger partial charge in [-0.1, -0.05) is 29.3 Å². The van der Waals surface area contributed by atoms with Crippen molar-refractivity contribution in [3.8, 4) is 0 Å². The van der Waals surface area contributed by atoms with Crippen molar-refractivity contribution in [1.29, 1.82) is 0 Å². The fourth-order valence-corrected chi connectivity index (χ4v) is 2.52. The zero-order valence-electron chi connectivity index (χ0n) is 11.0. The van der Waals surface area contributed by atoms with E-state index in [1.807, 2.05) is 0 Å². The summed E-state index contributed by atoms with van der Waals surface area (Å²) < 4.78 is 1.38. The minimum absolute atomic E-state index is 0.0908. The van der Waals surface area contributed by atoms with Crippen LogP contribution >= 0.6 is 23.2 Å². The topological polar surface area (TPSA) is 98.5 Å². The fraction of sp³-hybridized carbons (Fsp3) is 0. The lowest BCUT2D eigenvalue weighted by atomic mass is 10.3. The van der Waals surface area contributed by atoms with E-state index in [0.29, 0.717) is 11.3 Å². The van der Waals surface area contributed by atoms with Crippen LogP contribution in [0.15, 0.2) is 36.5 Å². The number of benzene rings is 1. The third kappa shape index (κ3) is 2.40. The minimum atomic E-state index is -0.511. The molecule has 3 rings (SSSR count). The standard InChI is InChI=1S/C13H9Cl2N5O2/c14-8-5-7(6-9(15)11(8)16)17-12-13(20(21)22)19-4-2-1-3-10(19)18-12/h1-6,17H,16H2. The highest BCUT2D eigenvalue weighted by Gasteiger charge is 2.22. The molecule has 0 amide bonds. The summed E-state index contributed by atoms with van der Waals surface area (Å²) in [5, 5.41) is 14.7. The maximum Gasteiger partial charge on any atom is 0.372 e. The van der Waals surface area contributed by atoms with Crippen molar-refractivity contribution in [1.82, 2.24) is 9.38 Å². The Morgan fingerprint density at radius 3 is 2.59 bits per heavy atom. The van der Waals surface area contributed by atoms with Gasteiger partial charge in [0.2, 0.25) is 11.5 Å². The summed E-state index contributed by atoms with van der Waals surface area (Å²) in [6.07, 6.45) is 1.56. The highest BCUT2D eigenvalue weighted by Crippen LogP contribution is 2.34. The molecule has 2 aromatic heterocycles. The van der Waals surface area contributed by atoms with Crippen molar-refractivity contribution in [3.05, 3.63) is 56.7 Å². The number of nitro groups is 1. The molecule has 1 aromatic carbocycles. The number of hydrogen-bond donors (Lipinski definition) is 2. The third-order valence-corrected chi connectivity index (χ3v) is 3.64. The molecule has 0 aliphatic rings. The average molecular weight is 338 g/mol. The summed E-state index contributed by atoms with van der Waals surface area (Å²) in [5.74, 6) is -0.0900. The van der Waals surface area contributed by atoms with E-state index in [4.69, 9.17) is 28.9 Å². The van der Waals surface area contributed by atoms with Crippen LogP contribution in [0.25, 0.3) is 5.65 Å². The maximum absolute atomic E-state index is 11.3. The molecule has 9 heteroatoms. The SMILES string of the molecule is Nc1c(Cl)cc(Nc2nc3ccccn3c2[N+](=O)[O-])cc1Cl. The van der Waals surface area contributed by atoms with Gasteiger partial charge in [0.05, 0.1) is 21.9 Å². The molecule has 0 atom stereocenters. The van der Waals surface area contributed by atoms with Crippen LogP contribution in [-0.4, -0.2) is 14.3 Å². The number of nitrogens with one attached hydrogen (secondary N) is 1. The van der Waals surface area contributed by atoms with Crippen LogP contribution in [0.3, 0.4) is 0 Å². The first-order valence-electron chi connectivity index (χ1n) is 6.10. The number of halogens is 2. The molecule has 2 heterocycles. The quantitative estimate of drug-likeness (QED) is 0.429. The second-order valence-corrected chi connectivity index (χ2v) is 5.26. The second kappa shape index (κ2) is 5.36. The van der Waals surface area contributed by atoms with E-state index in [1.165, 1.54) is 16.5 Å². The van der Waals surface area contributed by atoms with Crippen molar-refractivity contribution in [3.63, 3.8) is 0 Å². The second-order valence-electron chi connectivity index (χ2n) is 4.45. The molecule has 0 radical (unpaired) electrons. The summed E-state index contributed by atoms with van der Waals surface area (Å²) in [6, 6.07) is 8.14. The molecule has 0 aliphatic carbocycles. The van der Waals surface area contributed by atoms with Crippen molar-refractivity contribution >= 4 is 51.9 Å². The highest BCUT2D eigenvalue weighted by atomic mass is 35.5. The van der Waals surface area contributed by atoms with Crippen LogP contribution in [0, 0.1) is 10.1 Å². The average Bonchev–Trinajstić information content (AvgIpc) is 2.82. The van der Waals surface area contributed by atoms with Crippen molar-refractivity contribution in [2.24, 2.45) is 0 Å². The van der Waals surface area contributed by atoms with Gasteiger partial charge in [-0.25, -0.2) is 0 Å². The lowest BCUT2D eigenvalue weighted by Gasteiger charge is -2.07. The molecule has 3 aromatic rings. The predicted octanol–water partition coefficient (Wildman–Crippen LogP) is 3.88. The van der Waals surface area contributed by atoms with E-state index in [2.05, 4.69) is 10.3 Å².